The van der Waals surface area contributed by atoms with Crippen molar-refractivity contribution >= 4 is 16.8 Å². The molecular weight excluding hydrogens is 368 g/mol. The van der Waals surface area contributed by atoms with Gasteiger partial charge in [0.2, 0.25) is 5.91 Å². The molecule has 3 heteroatoms. The van der Waals surface area contributed by atoms with Gasteiger partial charge in [-0.2, -0.15) is 0 Å². The monoisotopic (exact) mass is 396 g/mol. The summed E-state index contributed by atoms with van der Waals surface area (Å²) in [5.41, 5.74) is 6.03. The van der Waals surface area contributed by atoms with E-state index in [9.17, 15) is 4.79 Å². The molecule has 0 fully saturated rings. The van der Waals surface area contributed by atoms with Crippen molar-refractivity contribution in [3.05, 3.63) is 107 Å². The Kier molecular flexibility index (Phi) is 5.99. The molecule has 0 radical (unpaired) electrons. The number of aromatic nitrogens is 1. The second-order valence-electron chi connectivity index (χ2n) is 7.97. The molecule has 1 N–H and O–H groups in total. The van der Waals surface area contributed by atoms with Crippen LogP contribution in [-0.4, -0.2) is 17.0 Å². The van der Waals surface area contributed by atoms with Gasteiger partial charge in [0.1, 0.15) is 0 Å². The van der Waals surface area contributed by atoms with Crippen LogP contribution in [0, 0.1) is 6.92 Å². The van der Waals surface area contributed by atoms with E-state index in [1.807, 2.05) is 18.2 Å². The van der Waals surface area contributed by atoms with Crippen LogP contribution in [-0.2, 0) is 18.3 Å². The number of rotatable bonds is 7. The molecule has 3 aromatic carbocycles. The number of aryl methyl sites for hydroxylation is 2. The lowest BCUT2D eigenvalue weighted by Crippen LogP contribution is -2.27. The third-order valence-electron chi connectivity index (χ3n) is 5.75. The van der Waals surface area contributed by atoms with Crippen LogP contribution < -0.4 is 5.32 Å². The summed E-state index contributed by atoms with van der Waals surface area (Å²) in [6.07, 6.45) is 3.45. The molecule has 0 aliphatic rings. The van der Waals surface area contributed by atoms with Crippen molar-refractivity contribution in [2.75, 3.05) is 6.54 Å². The Morgan fingerprint density at radius 3 is 2.40 bits per heavy atom. The second kappa shape index (κ2) is 9.00. The fourth-order valence-electron chi connectivity index (χ4n) is 4.11. The summed E-state index contributed by atoms with van der Waals surface area (Å²) in [5.74, 6) is 0.109. The zero-order chi connectivity index (χ0) is 20.9. The van der Waals surface area contributed by atoms with Crippen molar-refractivity contribution in [3.8, 4) is 0 Å². The first-order valence-corrected chi connectivity index (χ1v) is 10.5. The minimum atomic E-state index is 0.0217. The van der Waals surface area contributed by atoms with Crippen molar-refractivity contribution in [1.29, 1.82) is 0 Å². The van der Waals surface area contributed by atoms with Crippen molar-refractivity contribution < 1.29 is 4.79 Å². The third kappa shape index (κ3) is 4.46. The molecule has 0 aliphatic carbocycles. The SMILES string of the molecule is Cc1ccc([C@@H](CC(=O)NCCc2ccccc2)c2cn(C)c3ccccc23)cc1. The third-order valence-corrected chi connectivity index (χ3v) is 5.75. The van der Waals surface area contributed by atoms with Crippen LogP contribution in [0.2, 0.25) is 0 Å². The van der Waals surface area contributed by atoms with Gasteiger partial charge in [0, 0.05) is 43.0 Å². The Morgan fingerprint density at radius 1 is 0.933 bits per heavy atom. The van der Waals surface area contributed by atoms with Crippen molar-refractivity contribution in [1.82, 2.24) is 9.88 Å². The lowest BCUT2D eigenvalue weighted by atomic mass is 9.87. The molecule has 3 nitrogen and oxygen atoms in total. The normalized spacial score (nSPS) is 12.1. The minimum Gasteiger partial charge on any atom is -0.356 e. The number of hydrogen-bond acceptors (Lipinski definition) is 1. The molecule has 4 rings (SSSR count). The maximum absolute atomic E-state index is 12.9. The van der Waals surface area contributed by atoms with E-state index in [1.165, 1.54) is 33.2 Å². The van der Waals surface area contributed by atoms with Crippen molar-refractivity contribution in [3.63, 3.8) is 0 Å². The van der Waals surface area contributed by atoms with Crippen LogP contribution in [0.15, 0.2) is 85.1 Å². The largest absolute Gasteiger partial charge is 0.356 e. The summed E-state index contributed by atoms with van der Waals surface area (Å²) < 4.78 is 2.15. The summed E-state index contributed by atoms with van der Waals surface area (Å²) in [5, 5.41) is 4.33. The van der Waals surface area contributed by atoms with Gasteiger partial charge < -0.3 is 9.88 Å². The Hall–Kier alpha value is -3.33. The summed E-state index contributed by atoms with van der Waals surface area (Å²) in [6.45, 7) is 2.74. The lowest BCUT2D eigenvalue weighted by molar-refractivity contribution is -0.121. The van der Waals surface area contributed by atoms with Gasteiger partial charge in [-0.05, 0) is 36.1 Å². The van der Waals surface area contributed by atoms with Gasteiger partial charge in [0.25, 0.3) is 0 Å². The van der Waals surface area contributed by atoms with Crippen LogP contribution in [0.4, 0.5) is 0 Å². The number of amides is 1. The van der Waals surface area contributed by atoms with Gasteiger partial charge in [-0.25, -0.2) is 0 Å². The van der Waals surface area contributed by atoms with E-state index in [0.717, 1.165) is 6.42 Å². The fraction of sp³-hybridized carbons (Fsp3) is 0.222. The summed E-state index contributed by atoms with van der Waals surface area (Å²) in [7, 11) is 2.07. The molecule has 0 spiro atoms. The molecule has 1 heterocycles. The van der Waals surface area contributed by atoms with Gasteiger partial charge in [-0.1, -0.05) is 78.4 Å². The highest BCUT2D eigenvalue weighted by Gasteiger charge is 2.22. The summed E-state index contributed by atoms with van der Waals surface area (Å²) in [6, 6.07) is 27.2. The predicted molar refractivity (Wildman–Crippen MR) is 124 cm³/mol. The van der Waals surface area contributed by atoms with E-state index in [-0.39, 0.29) is 11.8 Å². The molecule has 0 saturated carbocycles. The van der Waals surface area contributed by atoms with Crippen LogP contribution in [0.25, 0.3) is 10.9 Å². The Balaban J connectivity index is 1.56. The number of nitrogens with one attached hydrogen (secondary N) is 1. The first-order valence-electron chi connectivity index (χ1n) is 10.5. The van der Waals surface area contributed by atoms with E-state index < -0.39 is 0 Å². The maximum atomic E-state index is 12.9. The smallest absolute Gasteiger partial charge is 0.220 e. The van der Waals surface area contributed by atoms with Crippen molar-refractivity contribution in [2.24, 2.45) is 7.05 Å². The van der Waals surface area contributed by atoms with E-state index in [4.69, 9.17) is 0 Å². The van der Waals surface area contributed by atoms with Crippen LogP contribution in [0.1, 0.15) is 34.6 Å². The molecule has 152 valence electrons. The topological polar surface area (TPSA) is 34.0 Å². The van der Waals surface area contributed by atoms with Crippen molar-refractivity contribution in [2.45, 2.75) is 25.7 Å². The van der Waals surface area contributed by atoms with E-state index in [2.05, 4.69) is 90.7 Å². The van der Waals surface area contributed by atoms with Gasteiger partial charge in [0.05, 0.1) is 0 Å². The Bertz CT molecular complexity index is 1130. The molecule has 0 unspecified atom stereocenters. The Morgan fingerprint density at radius 2 is 1.63 bits per heavy atom. The Labute approximate surface area is 178 Å². The van der Waals surface area contributed by atoms with E-state index in [0.29, 0.717) is 13.0 Å². The molecule has 0 saturated heterocycles. The lowest BCUT2D eigenvalue weighted by Gasteiger charge is -2.18. The first kappa shape index (κ1) is 20.0. The molecular formula is C27H28N2O. The summed E-state index contributed by atoms with van der Waals surface area (Å²) in [4.78, 5) is 12.9. The number of benzene rings is 3. The van der Waals surface area contributed by atoms with Gasteiger partial charge >= 0.3 is 0 Å². The molecule has 4 aromatic rings. The maximum Gasteiger partial charge on any atom is 0.220 e. The van der Waals surface area contributed by atoms with Gasteiger partial charge in [-0.3, -0.25) is 4.79 Å². The average molecular weight is 397 g/mol. The standard InChI is InChI=1S/C27H28N2O/c1-20-12-14-22(15-13-20)24(25-19-29(2)26-11-7-6-10-23(25)26)18-27(30)28-17-16-21-8-4-3-5-9-21/h3-15,19,24H,16-18H2,1-2H3,(H,28,30)/t24-/m1/s1. The molecule has 30 heavy (non-hydrogen) atoms. The average Bonchev–Trinajstić information content (AvgIpc) is 3.10. The molecule has 1 amide bonds. The van der Waals surface area contributed by atoms with Gasteiger partial charge in [0.15, 0.2) is 0 Å². The second-order valence-corrected chi connectivity index (χ2v) is 7.97. The number of hydrogen-bond donors (Lipinski definition) is 1. The number of para-hydroxylation sites is 1. The first-order chi connectivity index (χ1) is 14.6. The highest BCUT2D eigenvalue weighted by atomic mass is 16.1. The molecule has 0 bridgehead atoms. The van der Waals surface area contributed by atoms with E-state index >= 15 is 0 Å². The zero-order valence-electron chi connectivity index (χ0n) is 17.6. The predicted octanol–water partition coefficient (Wildman–Crippen LogP) is 5.37. The molecule has 1 atom stereocenters. The van der Waals surface area contributed by atoms with Crippen LogP contribution >= 0.6 is 0 Å². The van der Waals surface area contributed by atoms with E-state index in [1.54, 1.807) is 0 Å². The fourth-order valence-corrected chi connectivity index (χ4v) is 4.11. The summed E-state index contributed by atoms with van der Waals surface area (Å²) >= 11 is 0. The number of carbonyl (C=O) groups is 1. The zero-order valence-corrected chi connectivity index (χ0v) is 17.6. The van der Waals surface area contributed by atoms with Crippen LogP contribution in [0.3, 0.4) is 0 Å². The van der Waals surface area contributed by atoms with Gasteiger partial charge in [-0.15, -0.1) is 0 Å². The quantitative estimate of drug-likeness (QED) is 0.448. The highest BCUT2D eigenvalue weighted by Crippen LogP contribution is 2.34. The minimum absolute atomic E-state index is 0.0217. The molecule has 0 aliphatic heterocycles. The number of nitrogens with zero attached hydrogens (tertiary/aromatic N) is 1. The highest BCUT2D eigenvalue weighted by molar-refractivity contribution is 5.86. The number of carbonyl (C=O) groups excluding carboxylic acids is 1. The van der Waals surface area contributed by atoms with Crippen LogP contribution in [0.5, 0.6) is 0 Å². The number of fused-ring (bicyclic) bond motifs is 1. The molecule has 1 aromatic heterocycles.